The quantitative estimate of drug-likeness (QED) is 0.745. The van der Waals surface area contributed by atoms with Crippen LogP contribution in [-0.2, 0) is 11.4 Å². The molecule has 1 amide bonds. The Morgan fingerprint density at radius 3 is 3.07 bits per heavy atom. The van der Waals surface area contributed by atoms with E-state index in [1.165, 1.54) is 0 Å². The van der Waals surface area contributed by atoms with Crippen LogP contribution in [-0.4, -0.2) is 24.7 Å². The van der Waals surface area contributed by atoms with Gasteiger partial charge in [0.15, 0.2) is 0 Å². The van der Waals surface area contributed by atoms with Crippen molar-refractivity contribution in [3.05, 3.63) is 23.8 Å². The molecule has 1 aromatic carbocycles. The Hall–Kier alpha value is -1.55. The van der Waals surface area contributed by atoms with Crippen molar-refractivity contribution in [1.29, 1.82) is 0 Å². The number of hydrogen-bond acceptors (Lipinski definition) is 3. The van der Waals surface area contributed by atoms with E-state index >= 15 is 0 Å². The monoisotopic (exact) mass is 207 g/mol. The first-order valence-corrected chi connectivity index (χ1v) is 4.85. The number of rotatable bonds is 1. The molecule has 0 aliphatic carbocycles. The summed E-state index contributed by atoms with van der Waals surface area (Å²) in [7, 11) is 1.72. The van der Waals surface area contributed by atoms with Crippen LogP contribution in [0.5, 0.6) is 5.75 Å². The third-order valence-corrected chi connectivity index (χ3v) is 2.51. The van der Waals surface area contributed by atoms with Crippen LogP contribution in [0.15, 0.2) is 18.2 Å². The molecule has 80 valence electrons. The molecule has 0 atom stereocenters. The van der Waals surface area contributed by atoms with E-state index in [2.05, 4.69) is 0 Å². The molecule has 4 nitrogen and oxygen atoms in total. The number of anilines is 1. The summed E-state index contributed by atoms with van der Waals surface area (Å²) < 4.78 is 5.44. The van der Waals surface area contributed by atoms with Crippen LogP contribution in [0.25, 0.3) is 0 Å². The van der Waals surface area contributed by atoms with Crippen LogP contribution in [0.1, 0.15) is 12.0 Å². The van der Waals surface area contributed by atoms with Crippen molar-refractivity contribution in [2.24, 2.45) is 0 Å². The molecule has 0 saturated carbocycles. The number of ether oxygens (including phenoxy) is 1. The number of nitrogens with zero attached hydrogens (tertiary/aromatic N) is 1. The Labute approximate surface area is 88.1 Å². The lowest BCUT2D eigenvalue weighted by molar-refractivity contribution is -0.118. The second-order valence-corrected chi connectivity index (χ2v) is 3.51. The number of carbonyl (C=O) groups is 1. The molecule has 0 unspecified atom stereocenters. The summed E-state index contributed by atoms with van der Waals surface area (Å²) in [6.07, 6.45) is 0.389. The Kier molecular flexibility index (Phi) is 2.60. The third kappa shape index (κ3) is 1.80. The smallest absolute Gasteiger partial charge is 0.230 e. The molecule has 0 aromatic heterocycles. The predicted octanol–water partition coefficient (Wildman–Crippen LogP) is 0.924. The molecule has 0 bridgehead atoms. The molecule has 0 radical (unpaired) electrons. The zero-order valence-corrected chi connectivity index (χ0v) is 8.56. The molecular weight excluding hydrogens is 194 g/mol. The normalized spacial score (nSPS) is 15.6. The largest absolute Gasteiger partial charge is 0.491 e. The van der Waals surface area contributed by atoms with Gasteiger partial charge in [0.1, 0.15) is 5.75 Å². The molecule has 2 rings (SSSR count). The number of fused-ring (bicyclic) bond motifs is 1. The van der Waals surface area contributed by atoms with Gasteiger partial charge in [0.25, 0.3) is 0 Å². The first-order chi connectivity index (χ1) is 7.22. The number of amides is 1. The van der Waals surface area contributed by atoms with Gasteiger partial charge in [-0.1, -0.05) is 6.07 Å². The molecule has 4 heteroatoms. The molecule has 1 N–H and O–H groups in total. The minimum absolute atomic E-state index is 0.0313. The zero-order chi connectivity index (χ0) is 10.8. The molecular formula is C11H13NO3. The molecule has 0 saturated heterocycles. The average molecular weight is 207 g/mol. The van der Waals surface area contributed by atoms with Crippen molar-refractivity contribution in [3.63, 3.8) is 0 Å². The summed E-state index contributed by atoms with van der Waals surface area (Å²) in [4.78, 5) is 13.1. The minimum Gasteiger partial charge on any atom is -0.491 e. The lowest BCUT2D eigenvalue weighted by Gasteiger charge is -2.16. The fraction of sp³-hybridized carbons (Fsp3) is 0.364. The topological polar surface area (TPSA) is 49.8 Å². The molecule has 1 aromatic rings. The van der Waals surface area contributed by atoms with E-state index in [4.69, 9.17) is 9.84 Å². The van der Waals surface area contributed by atoms with Crippen molar-refractivity contribution < 1.29 is 14.6 Å². The molecule has 1 aliphatic rings. The summed E-state index contributed by atoms with van der Waals surface area (Å²) in [6, 6.07) is 5.36. The SMILES string of the molecule is CN1C(=O)CCOc2ccc(CO)cc21. The summed E-state index contributed by atoms with van der Waals surface area (Å²) in [5.41, 5.74) is 1.50. The number of benzene rings is 1. The van der Waals surface area contributed by atoms with Crippen molar-refractivity contribution in [3.8, 4) is 5.75 Å². The van der Waals surface area contributed by atoms with Crippen LogP contribution < -0.4 is 9.64 Å². The lowest BCUT2D eigenvalue weighted by Crippen LogP contribution is -2.25. The van der Waals surface area contributed by atoms with Crippen molar-refractivity contribution >= 4 is 11.6 Å². The van der Waals surface area contributed by atoms with Gasteiger partial charge in [-0.05, 0) is 17.7 Å². The summed E-state index contributed by atoms with van der Waals surface area (Å²) >= 11 is 0. The lowest BCUT2D eigenvalue weighted by atomic mass is 10.2. The maximum absolute atomic E-state index is 11.6. The fourth-order valence-corrected chi connectivity index (χ4v) is 1.60. The highest BCUT2D eigenvalue weighted by molar-refractivity contribution is 5.95. The summed E-state index contributed by atoms with van der Waals surface area (Å²) in [5.74, 6) is 0.726. The maximum atomic E-state index is 11.6. The minimum atomic E-state index is -0.0324. The number of carbonyl (C=O) groups excluding carboxylic acids is 1. The van der Waals surface area contributed by atoms with Gasteiger partial charge in [-0.15, -0.1) is 0 Å². The van der Waals surface area contributed by atoms with Crippen LogP contribution >= 0.6 is 0 Å². The first-order valence-electron chi connectivity index (χ1n) is 4.85. The molecule has 0 fully saturated rings. The van der Waals surface area contributed by atoms with Gasteiger partial charge in [-0.3, -0.25) is 4.79 Å². The number of aliphatic hydroxyl groups is 1. The summed E-state index contributed by atoms with van der Waals surface area (Å²) in [6.45, 7) is 0.379. The maximum Gasteiger partial charge on any atom is 0.230 e. The molecule has 1 aliphatic heterocycles. The van der Waals surface area contributed by atoms with Gasteiger partial charge in [0.05, 0.1) is 25.3 Å². The Morgan fingerprint density at radius 2 is 2.33 bits per heavy atom. The van der Waals surface area contributed by atoms with E-state index in [0.717, 1.165) is 11.3 Å². The van der Waals surface area contributed by atoms with Gasteiger partial charge >= 0.3 is 0 Å². The van der Waals surface area contributed by atoms with E-state index in [1.807, 2.05) is 0 Å². The van der Waals surface area contributed by atoms with Crippen molar-refractivity contribution in [1.82, 2.24) is 0 Å². The number of hydrogen-bond donors (Lipinski definition) is 1. The second-order valence-electron chi connectivity index (χ2n) is 3.51. The Bertz CT molecular complexity index is 389. The number of aliphatic hydroxyl groups excluding tert-OH is 1. The van der Waals surface area contributed by atoms with E-state index in [-0.39, 0.29) is 12.5 Å². The molecule has 0 spiro atoms. The Balaban J connectivity index is 2.45. The average Bonchev–Trinajstić information content (AvgIpc) is 2.40. The fourth-order valence-electron chi connectivity index (χ4n) is 1.60. The van der Waals surface area contributed by atoms with Gasteiger partial charge in [-0.25, -0.2) is 0 Å². The van der Waals surface area contributed by atoms with Crippen LogP contribution in [0.3, 0.4) is 0 Å². The standard InChI is InChI=1S/C11H13NO3/c1-12-9-6-8(7-13)2-3-10(9)15-5-4-11(12)14/h2-3,6,13H,4-5,7H2,1H3. The first kappa shape index (κ1) is 9.98. The Morgan fingerprint density at radius 1 is 1.53 bits per heavy atom. The highest BCUT2D eigenvalue weighted by atomic mass is 16.5. The summed E-state index contributed by atoms with van der Waals surface area (Å²) in [5, 5.41) is 9.02. The van der Waals surface area contributed by atoms with E-state index < -0.39 is 0 Å². The van der Waals surface area contributed by atoms with Crippen molar-refractivity contribution in [2.75, 3.05) is 18.6 Å². The van der Waals surface area contributed by atoms with Gasteiger partial charge in [-0.2, -0.15) is 0 Å². The van der Waals surface area contributed by atoms with Crippen LogP contribution in [0.2, 0.25) is 0 Å². The van der Waals surface area contributed by atoms with Gasteiger partial charge < -0.3 is 14.7 Å². The zero-order valence-electron chi connectivity index (χ0n) is 8.56. The van der Waals surface area contributed by atoms with Crippen LogP contribution in [0, 0.1) is 0 Å². The highest BCUT2D eigenvalue weighted by Crippen LogP contribution is 2.31. The molecule has 1 heterocycles. The van der Waals surface area contributed by atoms with Gasteiger partial charge in [0.2, 0.25) is 5.91 Å². The van der Waals surface area contributed by atoms with Crippen LogP contribution in [0.4, 0.5) is 5.69 Å². The molecule has 15 heavy (non-hydrogen) atoms. The van der Waals surface area contributed by atoms with E-state index in [1.54, 1.807) is 30.1 Å². The van der Waals surface area contributed by atoms with Gasteiger partial charge in [0, 0.05) is 7.05 Å². The third-order valence-electron chi connectivity index (χ3n) is 2.51. The van der Waals surface area contributed by atoms with E-state index in [9.17, 15) is 4.79 Å². The predicted molar refractivity (Wildman–Crippen MR) is 55.9 cm³/mol. The highest BCUT2D eigenvalue weighted by Gasteiger charge is 2.19. The van der Waals surface area contributed by atoms with E-state index in [0.29, 0.717) is 18.8 Å². The second kappa shape index (κ2) is 3.90. The van der Waals surface area contributed by atoms with Crippen molar-refractivity contribution in [2.45, 2.75) is 13.0 Å².